The van der Waals surface area contributed by atoms with Crippen LogP contribution in [-0.2, 0) is 7.05 Å². The van der Waals surface area contributed by atoms with Gasteiger partial charge in [-0.2, -0.15) is 0 Å². The normalized spacial score (nSPS) is 10.8. The number of carbonyl (C=O) groups excluding carboxylic acids is 2. The number of nitrogens with two attached hydrogens (primary N) is 1. The van der Waals surface area contributed by atoms with Gasteiger partial charge in [-0.3, -0.25) is 9.78 Å². The summed E-state index contributed by atoms with van der Waals surface area (Å²) in [7, 11) is 1.76. The third-order valence-electron chi connectivity index (χ3n) is 4.49. The standard InChI is InChI=1S/C20H15Cl2N7O2/c1-29-8-12(15-18(23)25-9-26-19(15)29)17(30)10-5-11(7-24-6-10)27-20(31)28-14-4-2-3-13(21)16(14)22/h2-9H,1H3,(H2,23,25,26)(H2,27,28,31). The fraction of sp³-hybridized carbons (Fsp3) is 0.0500. The molecule has 0 saturated carbocycles. The van der Waals surface area contributed by atoms with Crippen molar-refractivity contribution >= 4 is 63.2 Å². The molecule has 4 rings (SSSR count). The summed E-state index contributed by atoms with van der Waals surface area (Å²) in [6.07, 6.45) is 5.78. The molecule has 0 unspecified atom stereocenters. The first kappa shape index (κ1) is 20.6. The minimum absolute atomic E-state index is 0.203. The number of anilines is 3. The highest BCUT2D eigenvalue weighted by Gasteiger charge is 2.20. The molecule has 156 valence electrons. The number of amides is 2. The molecule has 0 aliphatic rings. The van der Waals surface area contributed by atoms with E-state index in [4.69, 9.17) is 28.9 Å². The predicted octanol–water partition coefficient (Wildman–Crippen LogP) is 4.13. The number of nitrogens with zero attached hydrogens (tertiary/aromatic N) is 4. The molecule has 0 radical (unpaired) electrons. The van der Waals surface area contributed by atoms with E-state index in [9.17, 15) is 9.59 Å². The zero-order valence-electron chi connectivity index (χ0n) is 16.1. The van der Waals surface area contributed by atoms with Gasteiger partial charge in [0.25, 0.3) is 0 Å². The molecule has 3 aromatic heterocycles. The molecule has 0 fully saturated rings. The summed E-state index contributed by atoms with van der Waals surface area (Å²) in [6, 6.07) is 5.81. The van der Waals surface area contributed by atoms with Crippen molar-refractivity contribution in [2.45, 2.75) is 0 Å². The first-order valence-electron chi connectivity index (χ1n) is 8.92. The molecular weight excluding hydrogens is 441 g/mol. The molecule has 0 aliphatic heterocycles. The van der Waals surface area contributed by atoms with E-state index in [1.807, 2.05) is 0 Å². The summed E-state index contributed by atoms with van der Waals surface area (Å²) in [5.74, 6) is -0.129. The quantitative estimate of drug-likeness (QED) is 0.396. The highest BCUT2D eigenvalue weighted by molar-refractivity contribution is 6.44. The van der Waals surface area contributed by atoms with Crippen molar-refractivity contribution in [2.75, 3.05) is 16.4 Å². The zero-order chi connectivity index (χ0) is 22.1. The number of hydrogen-bond acceptors (Lipinski definition) is 6. The lowest BCUT2D eigenvalue weighted by molar-refractivity contribution is 0.103. The number of pyridine rings is 1. The second-order valence-corrected chi connectivity index (χ2v) is 7.37. The Morgan fingerprint density at radius 3 is 2.74 bits per heavy atom. The maximum absolute atomic E-state index is 13.1. The highest BCUT2D eigenvalue weighted by Crippen LogP contribution is 2.30. The first-order chi connectivity index (χ1) is 14.8. The number of rotatable bonds is 4. The number of nitrogens with one attached hydrogen (secondary N) is 2. The second-order valence-electron chi connectivity index (χ2n) is 6.58. The van der Waals surface area contributed by atoms with Gasteiger partial charge < -0.3 is 20.9 Å². The largest absolute Gasteiger partial charge is 0.383 e. The van der Waals surface area contributed by atoms with Crippen LogP contribution in [0.4, 0.5) is 22.0 Å². The number of halogens is 2. The summed E-state index contributed by atoms with van der Waals surface area (Å²) >= 11 is 12.0. The van der Waals surface area contributed by atoms with Gasteiger partial charge in [-0.1, -0.05) is 29.3 Å². The van der Waals surface area contributed by atoms with Gasteiger partial charge in [-0.15, -0.1) is 0 Å². The molecule has 0 bridgehead atoms. The zero-order valence-corrected chi connectivity index (χ0v) is 17.6. The molecule has 0 atom stereocenters. The van der Waals surface area contributed by atoms with Gasteiger partial charge >= 0.3 is 6.03 Å². The number of urea groups is 1. The van der Waals surface area contributed by atoms with Gasteiger partial charge in [0.1, 0.15) is 17.8 Å². The lowest BCUT2D eigenvalue weighted by Gasteiger charge is -2.10. The molecule has 9 nitrogen and oxygen atoms in total. The average Bonchev–Trinajstić information content (AvgIpc) is 3.09. The van der Waals surface area contributed by atoms with Crippen LogP contribution in [0.25, 0.3) is 11.0 Å². The van der Waals surface area contributed by atoms with Crippen molar-refractivity contribution in [1.29, 1.82) is 0 Å². The molecule has 1 aromatic carbocycles. The molecule has 3 heterocycles. The number of aryl methyl sites for hydroxylation is 1. The third kappa shape index (κ3) is 4.00. The monoisotopic (exact) mass is 455 g/mol. The van der Waals surface area contributed by atoms with Crippen LogP contribution in [0.15, 0.2) is 49.2 Å². The van der Waals surface area contributed by atoms with Crippen LogP contribution in [0.3, 0.4) is 0 Å². The van der Waals surface area contributed by atoms with E-state index in [1.54, 1.807) is 36.0 Å². The van der Waals surface area contributed by atoms with Crippen molar-refractivity contribution in [3.8, 4) is 0 Å². The van der Waals surface area contributed by atoms with E-state index in [0.717, 1.165) is 0 Å². The Bertz CT molecular complexity index is 1340. The Morgan fingerprint density at radius 1 is 1.13 bits per heavy atom. The number of hydrogen-bond donors (Lipinski definition) is 3. The maximum Gasteiger partial charge on any atom is 0.323 e. The van der Waals surface area contributed by atoms with E-state index in [1.165, 1.54) is 24.8 Å². The fourth-order valence-electron chi connectivity index (χ4n) is 3.08. The molecule has 31 heavy (non-hydrogen) atoms. The van der Waals surface area contributed by atoms with Gasteiger partial charge in [0.2, 0.25) is 0 Å². The van der Waals surface area contributed by atoms with Crippen LogP contribution in [0.1, 0.15) is 15.9 Å². The van der Waals surface area contributed by atoms with Gasteiger partial charge in [0, 0.05) is 25.0 Å². The lowest BCUT2D eigenvalue weighted by Crippen LogP contribution is -2.20. The van der Waals surface area contributed by atoms with E-state index in [0.29, 0.717) is 33.0 Å². The Kier molecular flexibility index (Phi) is 5.45. The van der Waals surface area contributed by atoms with Crippen LogP contribution in [-0.4, -0.2) is 31.3 Å². The van der Waals surface area contributed by atoms with Crippen LogP contribution in [0.5, 0.6) is 0 Å². The summed E-state index contributed by atoms with van der Waals surface area (Å²) in [5.41, 5.74) is 7.75. The minimum Gasteiger partial charge on any atom is -0.383 e. The minimum atomic E-state index is -0.571. The van der Waals surface area contributed by atoms with Crippen LogP contribution in [0, 0.1) is 0 Å². The van der Waals surface area contributed by atoms with Crippen molar-refractivity contribution in [2.24, 2.45) is 7.05 Å². The van der Waals surface area contributed by atoms with Gasteiger partial charge in [0.15, 0.2) is 5.78 Å². The molecule has 4 N–H and O–H groups in total. The van der Waals surface area contributed by atoms with Crippen LogP contribution < -0.4 is 16.4 Å². The Morgan fingerprint density at radius 2 is 1.94 bits per heavy atom. The molecular formula is C20H15Cl2N7O2. The summed E-state index contributed by atoms with van der Waals surface area (Å²) in [4.78, 5) is 37.6. The number of aromatic nitrogens is 4. The topological polar surface area (TPSA) is 128 Å². The Hall–Kier alpha value is -3.69. The molecule has 0 aliphatic carbocycles. The van der Waals surface area contributed by atoms with Gasteiger partial charge in [-0.05, 0) is 18.2 Å². The van der Waals surface area contributed by atoms with Crippen molar-refractivity contribution in [3.05, 3.63) is 70.4 Å². The molecule has 0 spiro atoms. The maximum atomic E-state index is 13.1. The molecule has 0 saturated heterocycles. The SMILES string of the molecule is Cn1cc(C(=O)c2cncc(NC(=O)Nc3cccc(Cl)c3Cl)c2)c2c(N)ncnc21. The number of benzene rings is 1. The molecule has 4 aromatic rings. The second kappa shape index (κ2) is 8.21. The third-order valence-corrected chi connectivity index (χ3v) is 5.30. The summed E-state index contributed by atoms with van der Waals surface area (Å²) in [5, 5.41) is 6.21. The lowest BCUT2D eigenvalue weighted by atomic mass is 10.1. The van der Waals surface area contributed by atoms with E-state index < -0.39 is 6.03 Å². The van der Waals surface area contributed by atoms with Crippen molar-refractivity contribution < 1.29 is 9.59 Å². The van der Waals surface area contributed by atoms with E-state index in [-0.39, 0.29) is 22.2 Å². The Balaban J connectivity index is 1.58. The van der Waals surface area contributed by atoms with Crippen molar-refractivity contribution in [1.82, 2.24) is 19.5 Å². The Labute approximate surface area is 186 Å². The molecule has 11 heteroatoms. The van der Waals surface area contributed by atoms with Gasteiger partial charge in [0.05, 0.1) is 38.6 Å². The van der Waals surface area contributed by atoms with Crippen LogP contribution >= 0.6 is 23.2 Å². The first-order valence-corrected chi connectivity index (χ1v) is 9.68. The number of carbonyl (C=O) groups is 2. The number of ketones is 1. The van der Waals surface area contributed by atoms with Gasteiger partial charge in [-0.25, -0.2) is 14.8 Å². The predicted molar refractivity (Wildman–Crippen MR) is 120 cm³/mol. The summed E-state index contributed by atoms with van der Waals surface area (Å²) < 4.78 is 1.69. The van der Waals surface area contributed by atoms with E-state index >= 15 is 0 Å². The average molecular weight is 456 g/mol. The number of fused-ring (bicyclic) bond motifs is 1. The smallest absolute Gasteiger partial charge is 0.323 e. The number of nitrogen functional groups attached to an aromatic ring is 1. The molecule has 2 amide bonds. The van der Waals surface area contributed by atoms with Crippen molar-refractivity contribution in [3.63, 3.8) is 0 Å². The summed E-state index contributed by atoms with van der Waals surface area (Å²) in [6.45, 7) is 0. The van der Waals surface area contributed by atoms with E-state index in [2.05, 4.69) is 25.6 Å². The van der Waals surface area contributed by atoms with Crippen LogP contribution in [0.2, 0.25) is 10.0 Å². The highest BCUT2D eigenvalue weighted by atomic mass is 35.5. The fourth-order valence-corrected chi connectivity index (χ4v) is 3.43.